The van der Waals surface area contributed by atoms with Crippen LogP contribution in [0.15, 0.2) is 0 Å². The Bertz CT molecular complexity index is 489. The molecule has 0 aliphatic heterocycles. The average molecular weight is 405 g/mol. The van der Waals surface area contributed by atoms with E-state index < -0.39 is 11.3 Å². The van der Waals surface area contributed by atoms with Gasteiger partial charge in [0, 0.05) is 18.2 Å². The Morgan fingerprint density at radius 2 is 1.79 bits per heavy atom. The maximum absolute atomic E-state index is 11.5. The average Bonchev–Trinajstić information content (AvgIpc) is 3.14. The molecule has 0 spiro atoms. The van der Waals surface area contributed by atoms with Gasteiger partial charge in [-0.2, -0.15) is 0 Å². The summed E-state index contributed by atoms with van der Waals surface area (Å²) in [7, 11) is 0. The van der Waals surface area contributed by atoms with E-state index in [2.05, 4.69) is 15.9 Å². The Labute approximate surface area is 150 Å². The van der Waals surface area contributed by atoms with E-state index in [1.807, 2.05) is 0 Å². The topological polar surface area (TPSA) is 86.7 Å². The zero-order chi connectivity index (χ0) is 18.2. The van der Waals surface area contributed by atoms with E-state index in [0.29, 0.717) is 44.2 Å². The lowest BCUT2D eigenvalue weighted by molar-refractivity contribution is -0.157. The Hall–Kier alpha value is -1.24. The number of rotatable bonds is 5. The van der Waals surface area contributed by atoms with Crippen LogP contribution in [0.2, 0.25) is 0 Å². The predicted octanol–water partition coefficient (Wildman–Crippen LogP) is 2.60. The first-order chi connectivity index (χ1) is 11.4. The molecule has 0 bridgehead atoms. The lowest BCUT2D eigenvalue weighted by Crippen LogP contribution is -2.38. The largest absolute Gasteiger partial charge is 0.465 e. The maximum atomic E-state index is 11.5. The number of Topliss-reactive ketones (excluding diaryl/α,β-unsaturated/α-hetero) is 2. The van der Waals surface area contributed by atoms with Gasteiger partial charge in [0.1, 0.15) is 17.1 Å². The van der Waals surface area contributed by atoms with Gasteiger partial charge in [-0.15, -0.1) is 0 Å². The van der Waals surface area contributed by atoms with Crippen LogP contribution >= 0.6 is 15.9 Å². The number of carbonyl (C=O) groups is 4. The molecule has 6 nitrogen and oxygen atoms in total. The summed E-state index contributed by atoms with van der Waals surface area (Å²) in [5.41, 5.74) is -0.879. The fraction of sp³-hybridized carbons (Fsp3) is 0.765. The lowest BCUT2D eigenvalue weighted by Gasteiger charge is -2.21. The second kappa shape index (κ2) is 9.91. The number of ketones is 2. The van der Waals surface area contributed by atoms with Gasteiger partial charge in [-0.3, -0.25) is 19.2 Å². The summed E-state index contributed by atoms with van der Waals surface area (Å²) >= 11 is 3.22. The summed E-state index contributed by atoms with van der Waals surface area (Å²) in [6.07, 6.45) is 3.98. The van der Waals surface area contributed by atoms with Crippen LogP contribution in [-0.2, 0) is 28.7 Å². The van der Waals surface area contributed by atoms with Crippen molar-refractivity contribution in [3.63, 3.8) is 0 Å². The molecule has 0 heterocycles. The van der Waals surface area contributed by atoms with Crippen molar-refractivity contribution in [2.75, 3.05) is 18.5 Å². The molecule has 136 valence electrons. The quantitative estimate of drug-likeness (QED) is 0.397. The molecule has 24 heavy (non-hydrogen) atoms. The molecule has 2 rings (SSSR count). The zero-order valence-electron chi connectivity index (χ0n) is 14.3. The van der Waals surface area contributed by atoms with E-state index >= 15 is 0 Å². The fourth-order valence-electron chi connectivity index (χ4n) is 2.92. The van der Waals surface area contributed by atoms with Gasteiger partial charge in [0.2, 0.25) is 0 Å². The Kier molecular flexibility index (Phi) is 8.59. The van der Waals surface area contributed by atoms with Crippen molar-refractivity contribution in [1.82, 2.24) is 0 Å². The maximum Gasteiger partial charge on any atom is 0.320 e. The molecule has 0 aromatic carbocycles. The van der Waals surface area contributed by atoms with Gasteiger partial charge in [0.15, 0.2) is 5.78 Å². The van der Waals surface area contributed by atoms with Crippen LogP contribution in [0.4, 0.5) is 0 Å². The molecule has 2 atom stereocenters. The third-order valence-electron chi connectivity index (χ3n) is 4.31. The summed E-state index contributed by atoms with van der Waals surface area (Å²) in [4.78, 5) is 45.1. The van der Waals surface area contributed by atoms with Crippen LogP contribution in [0, 0.1) is 11.3 Å². The minimum Gasteiger partial charge on any atom is -0.465 e. The second-order valence-corrected chi connectivity index (χ2v) is 6.44. The lowest BCUT2D eigenvalue weighted by atomic mass is 9.88. The van der Waals surface area contributed by atoms with Crippen LogP contribution in [-0.4, -0.2) is 42.0 Å². The molecule has 0 amide bonds. The first-order valence-corrected chi connectivity index (χ1v) is 9.50. The third-order valence-corrected chi connectivity index (χ3v) is 5.27. The standard InChI is InChI=1S/C9H13BrO3.C8H12O3/c1-2-13-8(12)9(6-10)5-3-4-7(9)11;1-2-11-8(10)6-4-3-5-7(6)9/h2-6H2,1H3;6H,2-5H2,1H3. The molecule has 0 N–H and O–H groups in total. The highest BCUT2D eigenvalue weighted by atomic mass is 79.9. The van der Waals surface area contributed by atoms with E-state index in [9.17, 15) is 19.2 Å². The summed E-state index contributed by atoms with van der Waals surface area (Å²) in [6.45, 7) is 4.19. The first-order valence-electron chi connectivity index (χ1n) is 8.38. The molecule has 0 saturated heterocycles. The summed E-state index contributed by atoms with van der Waals surface area (Å²) in [6, 6.07) is 0. The molecule has 2 unspecified atom stereocenters. The molecule has 2 saturated carbocycles. The van der Waals surface area contributed by atoms with Gasteiger partial charge in [0.05, 0.1) is 13.2 Å². The molecule has 0 aromatic heterocycles. The van der Waals surface area contributed by atoms with Crippen molar-refractivity contribution >= 4 is 39.4 Å². The molecule has 2 aliphatic rings. The second-order valence-electron chi connectivity index (χ2n) is 5.88. The molecule has 0 radical (unpaired) electrons. The highest BCUT2D eigenvalue weighted by molar-refractivity contribution is 9.09. The minimum atomic E-state index is -0.879. The molecular weight excluding hydrogens is 380 g/mol. The fourth-order valence-corrected chi connectivity index (χ4v) is 3.74. The van der Waals surface area contributed by atoms with Gasteiger partial charge in [-0.25, -0.2) is 0 Å². The monoisotopic (exact) mass is 404 g/mol. The van der Waals surface area contributed by atoms with E-state index in [4.69, 9.17) is 9.47 Å². The Balaban J connectivity index is 0.000000243. The van der Waals surface area contributed by atoms with Crippen LogP contribution in [0.5, 0.6) is 0 Å². The minimum absolute atomic E-state index is 0.0165. The van der Waals surface area contributed by atoms with Crippen molar-refractivity contribution in [1.29, 1.82) is 0 Å². The van der Waals surface area contributed by atoms with Crippen LogP contribution in [0.1, 0.15) is 52.4 Å². The van der Waals surface area contributed by atoms with Gasteiger partial charge in [-0.05, 0) is 39.5 Å². The van der Waals surface area contributed by atoms with E-state index in [1.54, 1.807) is 13.8 Å². The third kappa shape index (κ3) is 4.88. The highest BCUT2D eigenvalue weighted by Crippen LogP contribution is 2.37. The van der Waals surface area contributed by atoms with Gasteiger partial charge >= 0.3 is 11.9 Å². The molecule has 2 fully saturated rings. The Morgan fingerprint density at radius 1 is 1.12 bits per heavy atom. The summed E-state index contributed by atoms with van der Waals surface area (Å²) in [5, 5.41) is 0.387. The van der Waals surface area contributed by atoms with Gasteiger partial charge in [-0.1, -0.05) is 15.9 Å². The van der Waals surface area contributed by atoms with Gasteiger partial charge in [0.25, 0.3) is 0 Å². The number of alkyl halides is 1. The van der Waals surface area contributed by atoms with Crippen molar-refractivity contribution < 1.29 is 28.7 Å². The number of halogens is 1. The molecular formula is C17H25BrO6. The number of hydrogen-bond acceptors (Lipinski definition) is 6. The Morgan fingerprint density at radius 3 is 2.21 bits per heavy atom. The van der Waals surface area contributed by atoms with E-state index in [1.165, 1.54) is 0 Å². The summed E-state index contributed by atoms with van der Waals surface area (Å²) in [5.74, 6) is -1.09. The van der Waals surface area contributed by atoms with Crippen LogP contribution in [0.3, 0.4) is 0 Å². The zero-order valence-corrected chi connectivity index (χ0v) is 15.9. The normalized spacial score (nSPS) is 25.9. The first kappa shape index (κ1) is 20.8. The summed E-state index contributed by atoms with van der Waals surface area (Å²) < 4.78 is 9.64. The van der Waals surface area contributed by atoms with E-state index in [0.717, 1.165) is 12.8 Å². The highest BCUT2D eigenvalue weighted by Gasteiger charge is 2.48. The molecule has 7 heteroatoms. The number of carbonyl (C=O) groups excluding carboxylic acids is 4. The van der Waals surface area contributed by atoms with E-state index in [-0.39, 0.29) is 23.5 Å². The number of ether oxygens (including phenoxy) is 2. The van der Waals surface area contributed by atoms with Crippen molar-refractivity contribution in [3.8, 4) is 0 Å². The number of esters is 2. The SMILES string of the molecule is CCOC(=O)C1(CBr)CCCC1=O.CCOC(=O)C1CCCC1=O. The van der Waals surface area contributed by atoms with Gasteiger partial charge < -0.3 is 9.47 Å². The van der Waals surface area contributed by atoms with Crippen LogP contribution in [0.25, 0.3) is 0 Å². The molecule has 2 aliphatic carbocycles. The van der Waals surface area contributed by atoms with Crippen LogP contribution < -0.4 is 0 Å². The smallest absolute Gasteiger partial charge is 0.320 e. The predicted molar refractivity (Wildman–Crippen MR) is 90.7 cm³/mol. The van der Waals surface area contributed by atoms with Crippen molar-refractivity contribution in [3.05, 3.63) is 0 Å². The van der Waals surface area contributed by atoms with Crippen molar-refractivity contribution in [2.24, 2.45) is 11.3 Å². The molecule has 0 aromatic rings. The number of hydrogen-bond donors (Lipinski definition) is 0. The van der Waals surface area contributed by atoms with Crippen molar-refractivity contribution in [2.45, 2.75) is 52.4 Å².